The molecule has 0 aliphatic carbocycles. The van der Waals surface area contributed by atoms with E-state index >= 15 is 0 Å². The van der Waals surface area contributed by atoms with Gasteiger partial charge in [-0.05, 0) is 40.8 Å². The number of benzene rings is 1. The van der Waals surface area contributed by atoms with Crippen LogP contribution in [-0.4, -0.2) is 9.97 Å². The molecular formula is C11H5ClF3IN2O. The maximum absolute atomic E-state index is 12.5. The van der Waals surface area contributed by atoms with Gasteiger partial charge in [-0.15, -0.1) is 0 Å². The van der Waals surface area contributed by atoms with Crippen molar-refractivity contribution in [2.45, 2.75) is 6.18 Å². The molecule has 0 amide bonds. The lowest BCUT2D eigenvalue weighted by Gasteiger charge is -2.09. The Balaban J connectivity index is 2.33. The number of rotatable bonds is 2. The van der Waals surface area contributed by atoms with Crippen molar-refractivity contribution in [1.82, 2.24) is 9.97 Å². The third kappa shape index (κ3) is 3.93. The van der Waals surface area contributed by atoms with Crippen LogP contribution in [0.2, 0.25) is 5.15 Å². The molecule has 3 nitrogen and oxygen atoms in total. The van der Waals surface area contributed by atoms with Crippen molar-refractivity contribution in [3.8, 4) is 11.6 Å². The topological polar surface area (TPSA) is 35.0 Å². The first-order valence-electron chi connectivity index (χ1n) is 4.90. The van der Waals surface area contributed by atoms with E-state index in [1.54, 1.807) is 18.2 Å². The van der Waals surface area contributed by atoms with Crippen LogP contribution in [0.1, 0.15) is 5.82 Å². The van der Waals surface area contributed by atoms with E-state index in [-0.39, 0.29) is 11.0 Å². The van der Waals surface area contributed by atoms with Crippen molar-refractivity contribution in [1.29, 1.82) is 0 Å². The quantitative estimate of drug-likeness (QED) is 0.548. The first-order valence-corrected chi connectivity index (χ1v) is 6.35. The van der Waals surface area contributed by atoms with Crippen molar-refractivity contribution >= 4 is 34.2 Å². The molecule has 0 fully saturated rings. The molecule has 0 spiro atoms. The van der Waals surface area contributed by atoms with Crippen LogP contribution in [0.3, 0.4) is 0 Å². The summed E-state index contributed by atoms with van der Waals surface area (Å²) in [4.78, 5) is 6.40. The van der Waals surface area contributed by atoms with Crippen molar-refractivity contribution in [2.75, 3.05) is 0 Å². The minimum absolute atomic E-state index is 0.255. The molecule has 2 rings (SSSR count). The van der Waals surface area contributed by atoms with Gasteiger partial charge in [-0.25, -0.2) is 4.98 Å². The van der Waals surface area contributed by atoms with Crippen LogP contribution in [0.5, 0.6) is 11.6 Å². The lowest BCUT2D eigenvalue weighted by atomic mass is 10.3. The number of ether oxygens (including phenoxy) is 1. The molecule has 19 heavy (non-hydrogen) atoms. The summed E-state index contributed by atoms with van der Waals surface area (Å²) in [6.07, 6.45) is -4.67. The van der Waals surface area contributed by atoms with E-state index in [9.17, 15) is 13.2 Å². The highest BCUT2D eigenvalue weighted by Crippen LogP contribution is 2.30. The molecule has 2 aromatic rings. The number of nitrogens with zero attached hydrogens (tertiary/aromatic N) is 2. The normalized spacial score (nSPS) is 11.4. The van der Waals surface area contributed by atoms with Crippen LogP contribution in [0.4, 0.5) is 13.2 Å². The van der Waals surface area contributed by atoms with Gasteiger partial charge in [-0.1, -0.05) is 17.7 Å². The SMILES string of the molecule is FC(F)(F)c1nc(Cl)cc(Oc2cccc(I)c2)n1. The van der Waals surface area contributed by atoms with E-state index < -0.39 is 12.0 Å². The molecule has 0 aliphatic heterocycles. The van der Waals surface area contributed by atoms with E-state index in [2.05, 4.69) is 32.6 Å². The molecule has 0 unspecified atom stereocenters. The van der Waals surface area contributed by atoms with Gasteiger partial charge in [0.1, 0.15) is 10.9 Å². The van der Waals surface area contributed by atoms with Crippen molar-refractivity contribution in [3.63, 3.8) is 0 Å². The van der Waals surface area contributed by atoms with Crippen LogP contribution in [0, 0.1) is 3.57 Å². The first kappa shape index (κ1) is 14.3. The maximum Gasteiger partial charge on any atom is 0.451 e. The summed E-state index contributed by atoms with van der Waals surface area (Å²) in [5.74, 6) is -1.22. The van der Waals surface area contributed by atoms with Crippen LogP contribution in [-0.2, 0) is 6.18 Å². The molecule has 8 heteroatoms. The summed E-state index contributed by atoms with van der Waals surface area (Å²) in [6.45, 7) is 0. The van der Waals surface area contributed by atoms with E-state index in [1.807, 2.05) is 6.07 Å². The standard InChI is InChI=1S/C11H5ClF3IN2O/c12-8-5-9(18-10(17-8)11(13,14)15)19-7-3-1-2-6(16)4-7/h1-5H. The maximum atomic E-state index is 12.5. The fourth-order valence-electron chi connectivity index (χ4n) is 1.23. The minimum Gasteiger partial charge on any atom is -0.439 e. The van der Waals surface area contributed by atoms with Gasteiger partial charge >= 0.3 is 6.18 Å². The lowest BCUT2D eigenvalue weighted by molar-refractivity contribution is -0.145. The van der Waals surface area contributed by atoms with E-state index in [1.165, 1.54) is 0 Å². The van der Waals surface area contributed by atoms with Gasteiger partial charge in [0.25, 0.3) is 0 Å². The molecule has 1 heterocycles. The van der Waals surface area contributed by atoms with Crippen LogP contribution in [0.15, 0.2) is 30.3 Å². The second kappa shape index (κ2) is 5.49. The number of alkyl halides is 3. The highest BCUT2D eigenvalue weighted by atomic mass is 127. The summed E-state index contributed by atoms with van der Waals surface area (Å²) < 4.78 is 43.6. The third-order valence-electron chi connectivity index (χ3n) is 1.94. The number of aromatic nitrogens is 2. The smallest absolute Gasteiger partial charge is 0.439 e. The molecule has 0 radical (unpaired) electrons. The second-order valence-electron chi connectivity index (χ2n) is 3.41. The summed E-state index contributed by atoms with van der Waals surface area (Å²) in [5.41, 5.74) is 0. The molecule has 0 saturated carbocycles. The highest BCUT2D eigenvalue weighted by molar-refractivity contribution is 14.1. The van der Waals surface area contributed by atoms with Crippen LogP contribution in [0.25, 0.3) is 0 Å². The van der Waals surface area contributed by atoms with Gasteiger partial charge in [0.15, 0.2) is 0 Å². The largest absolute Gasteiger partial charge is 0.451 e. The number of hydrogen-bond acceptors (Lipinski definition) is 3. The van der Waals surface area contributed by atoms with Crippen molar-refractivity contribution < 1.29 is 17.9 Å². The highest BCUT2D eigenvalue weighted by Gasteiger charge is 2.35. The second-order valence-corrected chi connectivity index (χ2v) is 5.04. The Hall–Kier alpha value is -1.09. The summed E-state index contributed by atoms with van der Waals surface area (Å²) in [7, 11) is 0. The minimum atomic E-state index is -4.67. The average molecular weight is 401 g/mol. The fourth-order valence-corrected chi connectivity index (χ4v) is 1.92. The Morgan fingerprint density at radius 1 is 1.16 bits per heavy atom. The number of halogens is 5. The van der Waals surface area contributed by atoms with Gasteiger partial charge in [0.2, 0.25) is 11.7 Å². The van der Waals surface area contributed by atoms with Gasteiger partial charge in [-0.3, -0.25) is 0 Å². The predicted molar refractivity (Wildman–Crippen MR) is 71.3 cm³/mol. The van der Waals surface area contributed by atoms with Gasteiger partial charge in [0, 0.05) is 9.64 Å². The Kier molecular flexibility index (Phi) is 4.14. The van der Waals surface area contributed by atoms with Gasteiger partial charge in [0.05, 0.1) is 0 Å². The van der Waals surface area contributed by atoms with Crippen LogP contribution >= 0.6 is 34.2 Å². The van der Waals surface area contributed by atoms with E-state index in [4.69, 9.17) is 16.3 Å². The third-order valence-corrected chi connectivity index (χ3v) is 2.81. The molecule has 0 aliphatic rings. The molecule has 1 aromatic carbocycles. The van der Waals surface area contributed by atoms with Crippen molar-refractivity contribution in [2.24, 2.45) is 0 Å². The Bertz CT molecular complexity index is 607. The van der Waals surface area contributed by atoms with Gasteiger partial charge in [-0.2, -0.15) is 18.2 Å². The molecule has 0 atom stereocenters. The van der Waals surface area contributed by atoms with E-state index in [0.717, 1.165) is 9.64 Å². The first-order chi connectivity index (χ1) is 8.84. The molecule has 0 N–H and O–H groups in total. The lowest BCUT2D eigenvalue weighted by Crippen LogP contribution is -2.11. The van der Waals surface area contributed by atoms with Gasteiger partial charge < -0.3 is 4.74 Å². The predicted octanol–water partition coefficient (Wildman–Crippen LogP) is 4.55. The zero-order chi connectivity index (χ0) is 14.0. The zero-order valence-corrected chi connectivity index (χ0v) is 12.0. The molecule has 100 valence electrons. The Morgan fingerprint density at radius 3 is 2.53 bits per heavy atom. The molecule has 0 bridgehead atoms. The molecule has 0 saturated heterocycles. The van der Waals surface area contributed by atoms with Crippen LogP contribution < -0.4 is 4.74 Å². The number of hydrogen-bond donors (Lipinski definition) is 0. The van der Waals surface area contributed by atoms with E-state index in [0.29, 0.717) is 5.75 Å². The molecular weight excluding hydrogens is 395 g/mol. The fraction of sp³-hybridized carbons (Fsp3) is 0.0909. The molecule has 1 aromatic heterocycles. The Morgan fingerprint density at radius 2 is 1.89 bits per heavy atom. The monoisotopic (exact) mass is 400 g/mol. The Labute approximate surface area is 124 Å². The summed E-state index contributed by atoms with van der Waals surface area (Å²) >= 11 is 7.58. The summed E-state index contributed by atoms with van der Waals surface area (Å²) in [6, 6.07) is 7.91. The average Bonchev–Trinajstić information content (AvgIpc) is 2.26. The van der Waals surface area contributed by atoms with Crippen molar-refractivity contribution in [3.05, 3.63) is 44.9 Å². The summed E-state index contributed by atoms with van der Waals surface area (Å²) in [5, 5.41) is -0.331. The zero-order valence-electron chi connectivity index (χ0n) is 9.08.